The average molecular weight is 426 g/mol. The van der Waals surface area contributed by atoms with E-state index in [4.69, 9.17) is 9.47 Å². The molecule has 1 saturated heterocycles. The van der Waals surface area contributed by atoms with Gasteiger partial charge in [-0.05, 0) is 73.6 Å². The highest BCUT2D eigenvalue weighted by molar-refractivity contribution is 8.18. The monoisotopic (exact) mass is 426 g/mol. The van der Waals surface area contributed by atoms with Crippen molar-refractivity contribution >= 4 is 40.6 Å². The molecule has 0 aromatic heterocycles. The maximum absolute atomic E-state index is 12.6. The largest absolute Gasteiger partial charge is 0.497 e. The number of anilines is 1. The van der Waals surface area contributed by atoms with E-state index >= 15 is 0 Å². The Bertz CT molecular complexity index is 968. The highest BCUT2D eigenvalue weighted by Crippen LogP contribution is 2.32. The minimum Gasteiger partial charge on any atom is -0.497 e. The zero-order valence-electron chi connectivity index (χ0n) is 16.9. The number of hydrogen-bond donors (Lipinski definition) is 1. The van der Waals surface area contributed by atoms with Crippen molar-refractivity contribution in [3.05, 3.63) is 59.0 Å². The predicted octanol–water partition coefficient (Wildman–Crippen LogP) is 4.16. The van der Waals surface area contributed by atoms with Crippen molar-refractivity contribution in [3.8, 4) is 11.5 Å². The summed E-state index contributed by atoms with van der Waals surface area (Å²) in [5.41, 5.74) is 1.31. The Balaban J connectivity index is 1.63. The summed E-state index contributed by atoms with van der Waals surface area (Å²) in [5.74, 6) is 0.439. The van der Waals surface area contributed by atoms with E-state index in [2.05, 4.69) is 5.32 Å². The minimum atomic E-state index is -0.489. The first kappa shape index (κ1) is 21.4. The van der Waals surface area contributed by atoms with Crippen molar-refractivity contribution < 1.29 is 23.9 Å². The van der Waals surface area contributed by atoms with Crippen LogP contribution in [0.2, 0.25) is 0 Å². The van der Waals surface area contributed by atoms with Crippen LogP contribution in [0, 0.1) is 0 Å². The van der Waals surface area contributed by atoms with Crippen LogP contribution in [0.4, 0.5) is 10.5 Å². The number of hydrogen-bond acceptors (Lipinski definition) is 6. The molecule has 0 saturated carbocycles. The minimum absolute atomic E-state index is 0.0661. The maximum atomic E-state index is 12.6. The lowest BCUT2D eigenvalue weighted by Crippen LogP contribution is -2.36. The van der Waals surface area contributed by atoms with Gasteiger partial charge in [-0.2, -0.15) is 0 Å². The molecule has 3 rings (SSSR count). The zero-order valence-corrected chi connectivity index (χ0v) is 17.7. The van der Waals surface area contributed by atoms with Crippen LogP contribution in [0.1, 0.15) is 19.4 Å². The van der Waals surface area contributed by atoms with Crippen molar-refractivity contribution in [3.63, 3.8) is 0 Å². The van der Waals surface area contributed by atoms with Crippen LogP contribution >= 0.6 is 11.8 Å². The molecule has 156 valence electrons. The summed E-state index contributed by atoms with van der Waals surface area (Å²) in [7, 11) is 1.55. The van der Waals surface area contributed by atoms with Crippen molar-refractivity contribution in [2.45, 2.75) is 20.0 Å². The van der Waals surface area contributed by atoms with E-state index in [1.54, 1.807) is 49.6 Å². The van der Waals surface area contributed by atoms with Crippen molar-refractivity contribution in [2.75, 3.05) is 19.0 Å². The molecule has 3 amide bonds. The Hall–Kier alpha value is -3.26. The van der Waals surface area contributed by atoms with Crippen LogP contribution in [-0.2, 0) is 9.59 Å². The van der Waals surface area contributed by atoms with Gasteiger partial charge in [0.2, 0.25) is 5.91 Å². The van der Waals surface area contributed by atoms with E-state index in [0.717, 1.165) is 28.0 Å². The fourth-order valence-electron chi connectivity index (χ4n) is 2.72. The SMILES string of the molecule is COc1ccc(NC(=O)CN2C(=O)S/C(=C\c3ccc(OC(C)C)cc3)C2=O)cc1. The van der Waals surface area contributed by atoms with Gasteiger partial charge in [-0.15, -0.1) is 0 Å². The fourth-order valence-corrected chi connectivity index (χ4v) is 3.56. The molecule has 2 aromatic carbocycles. The smallest absolute Gasteiger partial charge is 0.294 e. The van der Waals surface area contributed by atoms with Gasteiger partial charge in [0.15, 0.2) is 0 Å². The summed E-state index contributed by atoms with van der Waals surface area (Å²) >= 11 is 0.815. The van der Waals surface area contributed by atoms with Gasteiger partial charge in [0.1, 0.15) is 18.0 Å². The highest BCUT2D eigenvalue weighted by Gasteiger charge is 2.36. The fraction of sp³-hybridized carbons (Fsp3) is 0.227. The van der Waals surface area contributed by atoms with E-state index < -0.39 is 17.1 Å². The van der Waals surface area contributed by atoms with Gasteiger partial charge in [-0.25, -0.2) is 0 Å². The lowest BCUT2D eigenvalue weighted by molar-refractivity contribution is -0.127. The Morgan fingerprint density at radius 3 is 2.30 bits per heavy atom. The molecule has 1 aliphatic heterocycles. The molecule has 1 fully saturated rings. The molecule has 0 aliphatic carbocycles. The molecule has 0 radical (unpaired) electrons. The number of nitrogens with zero attached hydrogens (tertiary/aromatic N) is 1. The molecule has 0 bridgehead atoms. The Labute approximate surface area is 179 Å². The summed E-state index contributed by atoms with van der Waals surface area (Å²) in [6, 6.07) is 14.0. The average Bonchev–Trinajstić information content (AvgIpc) is 2.97. The molecule has 1 aliphatic rings. The van der Waals surface area contributed by atoms with Crippen LogP contribution < -0.4 is 14.8 Å². The number of carbonyl (C=O) groups is 3. The third kappa shape index (κ3) is 5.42. The molecular weight excluding hydrogens is 404 g/mol. The van der Waals surface area contributed by atoms with Gasteiger partial charge >= 0.3 is 0 Å². The van der Waals surface area contributed by atoms with Gasteiger partial charge < -0.3 is 14.8 Å². The Morgan fingerprint density at radius 2 is 1.70 bits per heavy atom. The predicted molar refractivity (Wildman–Crippen MR) is 117 cm³/mol. The van der Waals surface area contributed by atoms with Gasteiger partial charge in [-0.1, -0.05) is 12.1 Å². The number of nitrogens with one attached hydrogen (secondary N) is 1. The second-order valence-corrected chi connectivity index (χ2v) is 7.77. The zero-order chi connectivity index (χ0) is 21.7. The summed E-state index contributed by atoms with van der Waals surface area (Å²) < 4.78 is 10.7. The maximum Gasteiger partial charge on any atom is 0.294 e. The third-order valence-electron chi connectivity index (χ3n) is 4.10. The highest BCUT2D eigenvalue weighted by atomic mass is 32.2. The van der Waals surface area contributed by atoms with Crippen molar-refractivity contribution in [1.82, 2.24) is 4.90 Å². The van der Waals surface area contributed by atoms with Gasteiger partial charge in [0.25, 0.3) is 11.1 Å². The van der Waals surface area contributed by atoms with Crippen LogP contribution in [0.5, 0.6) is 11.5 Å². The molecule has 8 heteroatoms. The summed E-state index contributed by atoms with van der Waals surface area (Å²) in [6.07, 6.45) is 1.70. The molecule has 7 nitrogen and oxygen atoms in total. The van der Waals surface area contributed by atoms with Crippen LogP contribution in [0.15, 0.2) is 53.4 Å². The van der Waals surface area contributed by atoms with Crippen LogP contribution in [0.3, 0.4) is 0 Å². The quantitative estimate of drug-likeness (QED) is 0.670. The number of amides is 3. The summed E-state index contributed by atoms with van der Waals surface area (Å²) in [4.78, 5) is 38.3. The van der Waals surface area contributed by atoms with Gasteiger partial charge in [-0.3, -0.25) is 19.3 Å². The van der Waals surface area contributed by atoms with Gasteiger partial charge in [0.05, 0.1) is 18.1 Å². The topological polar surface area (TPSA) is 84.9 Å². The first-order valence-corrected chi connectivity index (χ1v) is 10.1. The molecule has 1 N–H and O–H groups in total. The summed E-state index contributed by atoms with van der Waals surface area (Å²) in [5, 5.41) is 2.19. The Kier molecular flexibility index (Phi) is 6.79. The van der Waals surface area contributed by atoms with Crippen molar-refractivity contribution in [2.24, 2.45) is 0 Å². The van der Waals surface area contributed by atoms with Crippen LogP contribution in [0.25, 0.3) is 6.08 Å². The molecular formula is C22H22N2O5S. The molecule has 2 aromatic rings. The molecule has 1 heterocycles. The molecule has 0 spiro atoms. The number of methoxy groups -OCH3 is 1. The summed E-state index contributed by atoms with van der Waals surface area (Å²) in [6.45, 7) is 3.53. The van der Waals surface area contributed by atoms with E-state index in [1.807, 2.05) is 26.0 Å². The first-order valence-electron chi connectivity index (χ1n) is 9.31. The number of ether oxygens (including phenoxy) is 2. The van der Waals surface area contributed by atoms with E-state index in [9.17, 15) is 14.4 Å². The molecule has 0 atom stereocenters. The molecule has 30 heavy (non-hydrogen) atoms. The van der Waals surface area contributed by atoms with Crippen LogP contribution in [-0.4, -0.2) is 41.7 Å². The normalized spacial score (nSPS) is 15.1. The number of carbonyl (C=O) groups excluding carboxylic acids is 3. The standard InChI is InChI=1S/C22H22N2O5S/c1-14(2)29-18-8-4-15(5-9-18)12-19-21(26)24(22(27)30-19)13-20(25)23-16-6-10-17(28-3)11-7-16/h4-12,14H,13H2,1-3H3,(H,23,25)/b19-12-. The number of thioether (sulfide) groups is 1. The van der Waals surface area contributed by atoms with E-state index in [-0.39, 0.29) is 17.6 Å². The van der Waals surface area contributed by atoms with E-state index in [1.165, 1.54) is 0 Å². The second-order valence-electron chi connectivity index (χ2n) is 6.78. The Morgan fingerprint density at radius 1 is 1.07 bits per heavy atom. The second kappa shape index (κ2) is 9.49. The lowest BCUT2D eigenvalue weighted by Gasteiger charge is -2.12. The first-order chi connectivity index (χ1) is 14.4. The number of imide groups is 1. The molecule has 0 unspecified atom stereocenters. The van der Waals surface area contributed by atoms with Gasteiger partial charge in [0, 0.05) is 5.69 Å². The number of benzene rings is 2. The third-order valence-corrected chi connectivity index (χ3v) is 5.01. The lowest BCUT2D eigenvalue weighted by atomic mass is 10.2. The van der Waals surface area contributed by atoms with E-state index in [0.29, 0.717) is 11.4 Å². The van der Waals surface area contributed by atoms with Crippen molar-refractivity contribution in [1.29, 1.82) is 0 Å². The number of rotatable bonds is 7.